The molecule has 0 aliphatic carbocycles. The number of fused-ring (bicyclic) bond motifs is 2. The molecule has 2 fully saturated rings. The lowest BCUT2D eigenvalue weighted by molar-refractivity contribution is -0.160. The third-order valence-electron chi connectivity index (χ3n) is 9.52. The topological polar surface area (TPSA) is 123 Å². The normalized spacial score (nSPS) is 18.1. The monoisotopic (exact) mass is 719 g/mol. The number of methoxy groups -OCH3 is 1. The van der Waals surface area contributed by atoms with E-state index in [1.165, 1.54) is 18.4 Å². The number of aromatic nitrogens is 4. The van der Waals surface area contributed by atoms with E-state index in [2.05, 4.69) is 10.00 Å². The molecule has 2 aliphatic rings. The smallest absolute Gasteiger partial charge is 0.409 e. The molecule has 7 rings (SSSR count). The molecule has 0 bridgehead atoms. The van der Waals surface area contributed by atoms with E-state index in [1.54, 1.807) is 29.2 Å². The minimum Gasteiger partial charge on any atom is -0.479 e. The fourth-order valence-electron chi connectivity index (χ4n) is 7.06. The van der Waals surface area contributed by atoms with Gasteiger partial charge in [-0.05, 0) is 95.1 Å². The average molecular weight is 720 g/mol. The van der Waals surface area contributed by atoms with E-state index in [1.807, 2.05) is 45.9 Å². The van der Waals surface area contributed by atoms with Crippen LogP contribution in [0, 0.1) is 6.92 Å². The lowest BCUT2D eigenvalue weighted by Crippen LogP contribution is -2.62. The molecule has 3 aromatic heterocycles. The molecule has 1 amide bonds. The molecule has 5 aromatic rings. The summed E-state index contributed by atoms with van der Waals surface area (Å²) >= 11 is 7.66. The summed E-state index contributed by atoms with van der Waals surface area (Å²) in [5.41, 5.74) is 4.80. The second-order valence-corrected chi connectivity index (χ2v) is 15.4. The highest BCUT2D eigenvalue weighted by Gasteiger charge is 2.38. The molecule has 13 heteroatoms. The predicted molar refractivity (Wildman–Crippen MR) is 195 cm³/mol. The molecule has 0 saturated carbocycles. The number of benzene rings is 2. The third kappa shape index (κ3) is 6.45. The summed E-state index contributed by atoms with van der Waals surface area (Å²) < 4.78 is 37.5. The minimum atomic E-state index is -2.50. The highest BCUT2D eigenvalue weighted by Crippen LogP contribution is 2.44. The number of pyridine rings is 1. The van der Waals surface area contributed by atoms with E-state index in [4.69, 9.17) is 35.2 Å². The largest absolute Gasteiger partial charge is 0.479 e. The molecule has 11 nitrogen and oxygen atoms in total. The van der Waals surface area contributed by atoms with Crippen LogP contribution in [0.3, 0.4) is 0 Å². The number of carbonyl (C=O) groups is 2. The summed E-state index contributed by atoms with van der Waals surface area (Å²) in [7, 11) is 1.39. The van der Waals surface area contributed by atoms with Crippen molar-refractivity contribution in [2.75, 3.05) is 33.3 Å². The summed E-state index contributed by atoms with van der Waals surface area (Å²) in [5.74, 6) is -1.11. The maximum absolute atomic E-state index is 12.8. The number of aryl methyl sites for hydroxylation is 2. The van der Waals surface area contributed by atoms with Crippen LogP contribution in [0.15, 0.2) is 42.5 Å². The van der Waals surface area contributed by atoms with E-state index in [-0.39, 0.29) is 18.1 Å². The lowest BCUT2D eigenvalue weighted by Gasteiger charge is -2.46. The lowest BCUT2D eigenvalue weighted by atomic mass is 9.91. The Kier molecular flexibility index (Phi) is 8.12. The van der Waals surface area contributed by atoms with E-state index in [9.17, 15) is 14.7 Å². The Balaban J connectivity index is 1.29. The number of piperidine rings is 1. The number of hydrogen-bond donors (Lipinski definition) is 1. The van der Waals surface area contributed by atoms with Gasteiger partial charge < -0.3 is 19.5 Å². The molecule has 0 radical (unpaired) electrons. The Morgan fingerprint density at radius 1 is 1.10 bits per heavy atom. The van der Waals surface area contributed by atoms with Gasteiger partial charge in [0, 0.05) is 52.3 Å². The van der Waals surface area contributed by atoms with Crippen LogP contribution in [0.4, 0.5) is 4.79 Å². The zero-order valence-electron chi connectivity index (χ0n) is 31.6. The van der Waals surface area contributed by atoms with Crippen LogP contribution in [0.1, 0.15) is 66.6 Å². The summed E-state index contributed by atoms with van der Waals surface area (Å²) in [6.45, 7) is 7.66. The number of nitrogens with zero attached hydrogens (tertiary/aromatic N) is 6. The number of ether oxygens (including phenoxy) is 2. The van der Waals surface area contributed by atoms with Gasteiger partial charge in [0.15, 0.2) is 6.10 Å². The quantitative estimate of drug-likeness (QED) is 0.183. The number of carboxylic acids is 1. The highest BCUT2D eigenvalue weighted by molar-refractivity contribution is 7.22. The Morgan fingerprint density at radius 2 is 1.82 bits per heavy atom. The molecular formula is C37H41ClN6O5S. The van der Waals surface area contributed by atoms with Crippen molar-refractivity contribution in [3.05, 3.63) is 64.3 Å². The van der Waals surface area contributed by atoms with Crippen molar-refractivity contribution < 1.29 is 28.3 Å². The van der Waals surface area contributed by atoms with Crippen molar-refractivity contribution in [3.63, 3.8) is 0 Å². The summed E-state index contributed by atoms with van der Waals surface area (Å²) in [6, 6.07) is 12.9. The maximum atomic E-state index is 12.8. The maximum Gasteiger partial charge on any atom is 0.409 e. The average Bonchev–Trinajstić information content (AvgIpc) is 3.68. The molecule has 262 valence electrons. The number of thiazole rings is 1. The van der Waals surface area contributed by atoms with Crippen molar-refractivity contribution in [2.24, 2.45) is 6.98 Å². The van der Waals surface area contributed by atoms with Gasteiger partial charge in [-0.3, -0.25) is 9.58 Å². The number of carboxylic acid groups (broad SMARTS) is 1. The number of hydrogen-bond acceptors (Lipinski definition) is 9. The van der Waals surface area contributed by atoms with Crippen LogP contribution in [-0.4, -0.2) is 91.6 Å². The zero-order valence-corrected chi connectivity index (χ0v) is 30.1. The Morgan fingerprint density at radius 3 is 2.46 bits per heavy atom. The molecule has 0 spiro atoms. The van der Waals surface area contributed by atoms with Crippen molar-refractivity contribution in [1.82, 2.24) is 29.5 Å². The fraction of sp³-hybridized carbons (Fsp3) is 0.432. The van der Waals surface area contributed by atoms with E-state index in [0.717, 1.165) is 40.9 Å². The number of amides is 1. The van der Waals surface area contributed by atoms with Gasteiger partial charge in [-0.15, -0.1) is 11.3 Å². The Bertz CT molecular complexity index is 2200. The van der Waals surface area contributed by atoms with E-state index in [0.29, 0.717) is 67.7 Å². The number of halogens is 1. The fourth-order valence-corrected chi connectivity index (χ4v) is 8.29. The Hall–Kier alpha value is -4.10. The van der Waals surface area contributed by atoms with Gasteiger partial charge >= 0.3 is 12.1 Å². The van der Waals surface area contributed by atoms with Gasteiger partial charge in [0.2, 0.25) is 0 Å². The van der Waals surface area contributed by atoms with Crippen LogP contribution < -0.4 is 0 Å². The minimum absolute atomic E-state index is 0.00950. The first-order chi connectivity index (χ1) is 25.0. The molecule has 1 N–H and O–H groups in total. The van der Waals surface area contributed by atoms with Crippen molar-refractivity contribution in [1.29, 1.82) is 0 Å². The molecule has 50 heavy (non-hydrogen) atoms. The molecular weight excluding hydrogens is 676 g/mol. The van der Waals surface area contributed by atoms with Crippen LogP contribution >= 0.6 is 22.9 Å². The summed E-state index contributed by atoms with van der Waals surface area (Å²) in [6.07, 6.45) is -0.0320. The first-order valence-electron chi connectivity index (χ1n) is 18.1. The van der Waals surface area contributed by atoms with Gasteiger partial charge in [0.05, 0.1) is 39.8 Å². The van der Waals surface area contributed by atoms with Gasteiger partial charge in [0.25, 0.3) is 0 Å². The van der Waals surface area contributed by atoms with Crippen molar-refractivity contribution in [2.45, 2.75) is 64.2 Å². The standard InChI is InChI=1S/C37H41ClN6O5S/c1-20-17-26-33(29(21-7-9-23(38)10-8-21)28(20)32(35(45)46)49-37(2,3)4)50-34(40-26)25-11-12-27-31(39-25)30(41-42(27)5)22-13-15-43(16-14-22)24-18-44(19-24)36(47)48-6/h7-12,17,22,24,32H,13-16,18-19H2,1-6H3,(H,45,46)/t32-/m0/s1/i5D3. The molecule has 1 atom stereocenters. The number of aliphatic carboxylic acids is 1. The first-order valence-corrected chi connectivity index (χ1v) is 17.8. The predicted octanol–water partition coefficient (Wildman–Crippen LogP) is 7.44. The third-order valence-corrected chi connectivity index (χ3v) is 10.9. The molecule has 5 heterocycles. The number of rotatable bonds is 7. The van der Waals surface area contributed by atoms with Gasteiger partial charge in [-0.1, -0.05) is 23.7 Å². The van der Waals surface area contributed by atoms with Crippen LogP contribution in [0.5, 0.6) is 0 Å². The van der Waals surface area contributed by atoms with E-state index >= 15 is 0 Å². The van der Waals surface area contributed by atoms with Crippen molar-refractivity contribution in [3.8, 4) is 21.8 Å². The van der Waals surface area contributed by atoms with Crippen LogP contribution in [0.25, 0.3) is 43.1 Å². The SMILES string of the molecule is [2H]C([2H])([2H])n1nc(C2CCN(C3CN(C(=O)OC)C3)CC2)c2nc(-c3nc4cc(C)c([C@H](OC(C)(C)C)C(=O)O)c(-c5ccc(Cl)cc5)c4s3)ccc21. The molecule has 2 aromatic carbocycles. The van der Waals surface area contributed by atoms with Gasteiger partial charge in [0.1, 0.15) is 10.5 Å². The van der Waals surface area contributed by atoms with Gasteiger partial charge in [-0.2, -0.15) is 5.10 Å². The summed E-state index contributed by atoms with van der Waals surface area (Å²) in [5, 5.41) is 16.3. The zero-order chi connectivity index (χ0) is 38.0. The first kappa shape index (κ1) is 30.7. The van der Waals surface area contributed by atoms with Crippen LogP contribution in [-0.2, 0) is 21.2 Å². The van der Waals surface area contributed by atoms with E-state index < -0.39 is 24.7 Å². The van der Waals surface area contributed by atoms with Crippen LogP contribution in [0.2, 0.25) is 5.02 Å². The van der Waals surface area contributed by atoms with Crippen molar-refractivity contribution >= 4 is 56.3 Å². The molecule has 2 aliphatic heterocycles. The second kappa shape index (κ2) is 13.2. The Labute approximate surface area is 304 Å². The molecule has 2 saturated heterocycles. The number of carbonyl (C=O) groups excluding carboxylic acids is 1. The summed E-state index contributed by atoms with van der Waals surface area (Å²) in [4.78, 5) is 38.7. The number of likely N-dealkylation sites (tertiary alicyclic amines) is 2. The highest BCUT2D eigenvalue weighted by atomic mass is 35.5. The second-order valence-electron chi connectivity index (χ2n) is 14.0. The van der Waals surface area contributed by atoms with Gasteiger partial charge in [-0.25, -0.2) is 19.6 Å². The molecule has 0 unspecified atom stereocenters.